The van der Waals surface area contributed by atoms with Crippen LogP contribution in [0.3, 0.4) is 0 Å². The van der Waals surface area contributed by atoms with Crippen LogP contribution in [-0.2, 0) is 0 Å². The molecule has 1 aromatic heterocycles. The molecule has 0 radical (unpaired) electrons. The summed E-state index contributed by atoms with van der Waals surface area (Å²) in [6.07, 6.45) is 3.37. The maximum Gasteiger partial charge on any atom is 0.147 e. The molecule has 1 fully saturated rings. The minimum atomic E-state index is 0.479. The van der Waals surface area contributed by atoms with Crippen molar-refractivity contribution in [1.29, 1.82) is 0 Å². The van der Waals surface area contributed by atoms with Gasteiger partial charge >= 0.3 is 0 Å². The van der Waals surface area contributed by atoms with E-state index in [1.165, 1.54) is 0 Å². The second kappa shape index (κ2) is 4.04. The standard InChI is InChI=1S/C9H14N4S/c1-7-6-14-3-2-13(7)9-5-11-8(10)4-12-9/h4-5,7H,2-3,6H2,1H3,(H2,10,11). The van der Waals surface area contributed by atoms with Crippen LogP contribution in [0.2, 0.25) is 0 Å². The van der Waals surface area contributed by atoms with Crippen LogP contribution in [0, 0.1) is 0 Å². The van der Waals surface area contributed by atoms with Gasteiger partial charge in [-0.25, -0.2) is 9.97 Å². The molecule has 0 aromatic carbocycles. The Balaban J connectivity index is 2.16. The van der Waals surface area contributed by atoms with Crippen molar-refractivity contribution in [2.24, 2.45) is 0 Å². The van der Waals surface area contributed by atoms with E-state index in [-0.39, 0.29) is 0 Å². The first-order chi connectivity index (χ1) is 6.77. The summed E-state index contributed by atoms with van der Waals surface area (Å²) in [6, 6.07) is 0.534. The number of nitrogens with two attached hydrogens (primary N) is 1. The molecule has 0 aliphatic carbocycles. The number of thioether (sulfide) groups is 1. The van der Waals surface area contributed by atoms with E-state index in [0.29, 0.717) is 11.9 Å². The minimum Gasteiger partial charge on any atom is -0.382 e. The van der Waals surface area contributed by atoms with Crippen LogP contribution in [0.1, 0.15) is 6.92 Å². The predicted octanol–water partition coefficient (Wildman–Crippen LogP) is 1.00. The van der Waals surface area contributed by atoms with Crippen molar-refractivity contribution in [2.75, 3.05) is 28.7 Å². The van der Waals surface area contributed by atoms with Crippen molar-refractivity contribution >= 4 is 23.4 Å². The molecule has 0 spiro atoms. The summed E-state index contributed by atoms with van der Waals surface area (Å²) < 4.78 is 0. The van der Waals surface area contributed by atoms with E-state index < -0.39 is 0 Å². The molecule has 0 amide bonds. The van der Waals surface area contributed by atoms with Gasteiger partial charge in [-0.05, 0) is 6.92 Å². The van der Waals surface area contributed by atoms with Crippen LogP contribution in [0.5, 0.6) is 0 Å². The molecular formula is C9H14N4S. The molecule has 1 unspecified atom stereocenters. The van der Waals surface area contributed by atoms with Gasteiger partial charge in [-0.3, -0.25) is 0 Å². The topological polar surface area (TPSA) is 55.0 Å². The van der Waals surface area contributed by atoms with Crippen molar-refractivity contribution in [3.05, 3.63) is 12.4 Å². The first-order valence-corrected chi connectivity index (χ1v) is 5.85. The van der Waals surface area contributed by atoms with E-state index in [4.69, 9.17) is 5.73 Å². The molecule has 2 N–H and O–H groups in total. The van der Waals surface area contributed by atoms with Gasteiger partial charge in [0.1, 0.15) is 11.6 Å². The maximum atomic E-state index is 5.49. The zero-order chi connectivity index (χ0) is 9.97. The molecule has 1 aliphatic heterocycles. The molecule has 1 aromatic rings. The fraction of sp³-hybridized carbons (Fsp3) is 0.556. The average molecular weight is 210 g/mol. The monoisotopic (exact) mass is 210 g/mol. The molecule has 0 bridgehead atoms. The summed E-state index contributed by atoms with van der Waals surface area (Å²) in [6.45, 7) is 3.26. The lowest BCUT2D eigenvalue weighted by Crippen LogP contribution is -2.40. The van der Waals surface area contributed by atoms with Gasteiger partial charge in [-0.15, -0.1) is 0 Å². The highest BCUT2D eigenvalue weighted by Crippen LogP contribution is 2.21. The fourth-order valence-electron chi connectivity index (χ4n) is 1.55. The van der Waals surface area contributed by atoms with E-state index in [2.05, 4.69) is 21.8 Å². The van der Waals surface area contributed by atoms with Crippen molar-refractivity contribution in [3.63, 3.8) is 0 Å². The number of hydrogen-bond acceptors (Lipinski definition) is 5. The summed E-state index contributed by atoms with van der Waals surface area (Å²) >= 11 is 1.99. The van der Waals surface area contributed by atoms with Crippen molar-refractivity contribution < 1.29 is 0 Å². The van der Waals surface area contributed by atoms with E-state index in [1.807, 2.05) is 11.8 Å². The Morgan fingerprint density at radius 3 is 3.00 bits per heavy atom. The van der Waals surface area contributed by atoms with Gasteiger partial charge in [-0.2, -0.15) is 11.8 Å². The Hall–Kier alpha value is -0.970. The van der Waals surface area contributed by atoms with Crippen molar-refractivity contribution in [3.8, 4) is 0 Å². The van der Waals surface area contributed by atoms with Crippen LogP contribution in [0.25, 0.3) is 0 Å². The SMILES string of the molecule is CC1CSCCN1c1cnc(N)cn1. The molecule has 4 nitrogen and oxygen atoms in total. The molecule has 1 atom stereocenters. The van der Waals surface area contributed by atoms with Gasteiger partial charge in [-0.1, -0.05) is 0 Å². The Bertz CT molecular complexity index is 300. The molecule has 2 heterocycles. The number of nitrogen functional groups attached to an aromatic ring is 1. The van der Waals surface area contributed by atoms with Gasteiger partial charge in [0.15, 0.2) is 0 Å². The van der Waals surface area contributed by atoms with Gasteiger partial charge < -0.3 is 10.6 Å². The fourth-order valence-corrected chi connectivity index (χ4v) is 2.56. The Morgan fingerprint density at radius 2 is 2.36 bits per heavy atom. The quantitative estimate of drug-likeness (QED) is 0.749. The van der Waals surface area contributed by atoms with Gasteiger partial charge in [0.2, 0.25) is 0 Å². The van der Waals surface area contributed by atoms with Crippen LogP contribution < -0.4 is 10.6 Å². The third kappa shape index (κ3) is 1.92. The highest BCUT2D eigenvalue weighted by Gasteiger charge is 2.19. The summed E-state index contributed by atoms with van der Waals surface area (Å²) in [4.78, 5) is 10.6. The zero-order valence-electron chi connectivity index (χ0n) is 8.18. The largest absolute Gasteiger partial charge is 0.382 e. The van der Waals surface area contributed by atoms with E-state index in [9.17, 15) is 0 Å². The lowest BCUT2D eigenvalue weighted by Gasteiger charge is -2.33. The Kier molecular flexibility index (Phi) is 2.77. The number of nitrogens with zero attached hydrogens (tertiary/aromatic N) is 3. The van der Waals surface area contributed by atoms with E-state index >= 15 is 0 Å². The van der Waals surface area contributed by atoms with Crippen LogP contribution in [0.4, 0.5) is 11.6 Å². The highest BCUT2D eigenvalue weighted by molar-refractivity contribution is 7.99. The smallest absolute Gasteiger partial charge is 0.147 e. The third-order valence-electron chi connectivity index (χ3n) is 2.32. The highest BCUT2D eigenvalue weighted by atomic mass is 32.2. The van der Waals surface area contributed by atoms with Crippen molar-refractivity contribution in [1.82, 2.24) is 9.97 Å². The van der Waals surface area contributed by atoms with Gasteiger partial charge in [0.25, 0.3) is 0 Å². The maximum absolute atomic E-state index is 5.49. The normalized spacial score (nSPS) is 22.4. The van der Waals surface area contributed by atoms with Gasteiger partial charge in [0, 0.05) is 24.1 Å². The van der Waals surface area contributed by atoms with E-state index in [1.54, 1.807) is 12.4 Å². The summed E-state index contributed by atoms with van der Waals surface area (Å²) in [5, 5.41) is 0. The second-order valence-electron chi connectivity index (χ2n) is 3.42. The molecule has 1 saturated heterocycles. The molecule has 0 saturated carbocycles. The molecule has 5 heteroatoms. The van der Waals surface area contributed by atoms with Crippen LogP contribution in [-0.4, -0.2) is 34.1 Å². The molecule has 14 heavy (non-hydrogen) atoms. The van der Waals surface area contributed by atoms with E-state index in [0.717, 1.165) is 23.9 Å². The summed E-state index contributed by atoms with van der Waals surface area (Å²) in [5.74, 6) is 3.74. The first kappa shape index (κ1) is 9.58. The molecule has 1 aliphatic rings. The van der Waals surface area contributed by atoms with Crippen LogP contribution >= 0.6 is 11.8 Å². The van der Waals surface area contributed by atoms with Gasteiger partial charge in [0.05, 0.1) is 12.4 Å². The number of rotatable bonds is 1. The second-order valence-corrected chi connectivity index (χ2v) is 4.57. The summed E-state index contributed by atoms with van der Waals surface area (Å²) in [5.41, 5.74) is 5.49. The summed E-state index contributed by atoms with van der Waals surface area (Å²) in [7, 11) is 0. The molecule has 76 valence electrons. The number of hydrogen-bond donors (Lipinski definition) is 1. The third-order valence-corrected chi connectivity index (χ3v) is 3.51. The average Bonchev–Trinajstić information content (AvgIpc) is 2.20. The minimum absolute atomic E-state index is 0.479. The zero-order valence-corrected chi connectivity index (χ0v) is 9.00. The number of aromatic nitrogens is 2. The lowest BCUT2D eigenvalue weighted by atomic mass is 10.3. The van der Waals surface area contributed by atoms with Crippen molar-refractivity contribution in [2.45, 2.75) is 13.0 Å². The molecular weight excluding hydrogens is 196 g/mol. The number of anilines is 2. The molecule has 2 rings (SSSR count). The Morgan fingerprint density at radius 1 is 1.50 bits per heavy atom. The van der Waals surface area contributed by atoms with Crippen LogP contribution in [0.15, 0.2) is 12.4 Å². The Labute approximate surface area is 87.9 Å². The predicted molar refractivity (Wildman–Crippen MR) is 60.6 cm³/mol. The first-order valence-electron chi connectivity index (χ1n) is 4.69. The lowest BCUT2D eigenvalue weighted by molar-refractivity contribution is 0.688.